The number of fused-ring (bicyclic) bond motifs is 1. The fourth-order valence-electron chi connectivity index (χ4n) is 3.07. The molecule has 0 radical (unpaired) electrons. The van der Waals surface area contributed by atoms with Crippen molar-refractivity contribution < 1.29 is 9.84 Å². The van der Waals surface area contributed by atoms with Crippen LogP contribution < -0.4 is 4.74 Å². The third kappa shape index (κ3) is 2.75. The predicted molar refractivity (Wildman–Crippen MR) is 81.6 cm³/mol. The first-order valence-electron chi connectivity index (χ1n) is 7.70. The van der Waals surface area contributed by atoms with E-state index in [1.807, 2.05) is 19.9 Å². The minimum Gasteiger partial charge on any atom is -0.492 e. The highest BCUT2D eigenvalue weighted by atomic mass is 16.5. The van der Waals surface area contributed by atoms with Crippen LogP contribution in [0.2, 0.25) is 0 Å². The molecule has 0 aromatic carbocycles. The molecule has 1 fully saturated rings. The van der Waals surface area contributed by atoms with Crippen molar-refractivity contribution in [1.29, 1.82) is 0 Å². The molecule has 1 saturated carbocycles. The lowest BCUT2D eigenvalue weighted by Crippen LogP contribution is -2.42. The van der Waals surface area contributed by atoms with E-state index in [4.69, 9.17) is 4.74 Å². The van der Waals surface area contributed by atoms with Gasteiger partial charge in [-0.2, -0.15) is 0 Å². The SMILES string of the molecule is CCCCOc1cnc2c(c1)nc(C)n2[C@H]1C[C@](C)(O)C1. The van der Waals surface area contributed by atoms with Gasteiger partial charge in [0.2, 0.25) is 0 Å². The summed E-state index contributed by atoms with van der Waals surface area (Å²) in [6.07, 6.45) is 5.45. The minimum atomic E-state index is -0.545. The smallest absolute Gasteiger partial charge is 0.160 e. The van der Waals surface area contributed by atoms with Gasteiger partial charge in [-0.25, -0.2) is 9.97 Å². The maximum atomic E-state index is 9.94. The van der Waals surface area contributed by atoms with E-state index in [2.05, 4.69) is 21.5 Å². The number of aromatic nitrogens is 3. The first-order chi connectivity index (χ1) is 10.00. The van der Waals surface area contributed by atoms with E-state index in [1.54, 1.807) is 6.20 Å². The van der Waals surface area contributed by atoms with Crippen LogP contribution in [-0.2, 0) is 0 Å². The van der Waals surface area contributed by atoms with Gasteiger partial charge in [-0.1, -0.05) is 13.3 Å². The van der Waals surface area contributed by atoms with Gasteiger partial charge in [0.1, 0.15) is 17.1 Å². The topological polar surface area (TPSA) is 60.2 Å². The van der Waals surface area contributed by atoms with E-state index < -0.39 is 5.60 Å². The Morgan fingerprint density at radius 2 is 2.24 bits per heavy atom. The number of unbranched alkanes of at least 4 members (excludes halogenated alkanes) is 1. The molecule has 3 rings (SSSR count). The summed E-state index contributed by atoms with van der Waals surface area (Å²) < 4.78 is 7.83. The van der Waals surface area contributed by atoms with E-state index in [0.717, 1.165) is 55.0 Å². The number of pyridine rings is 1. The third-order valence-electron chi connectivity index (χ3n) is 4.16. The predicted octanol–water partition coefficient (Wildman–Crippen LogP) is 3.00. The van der Waals surface area contributed by atoms with Crippen molar-refractivity contribution in [3.05, 3.63) is 18.1 Å². The van der Waals surface area contributed by atoms with Crippen LogP contribution in [0.1, 0.15) is 51.4 Å². The monoisotopic (exact) mass is 289 g/mol. The molecular formula is C16H23N3O2. The zero-order valence-corrected chi connectivity index (χ0v) is 13.0. The number of rotatable bonds is 5. The lowest BCUT2D eigenvalue weighted by molar-refractivity contribution is -0.0504. The molecule has 5 heteroatoms. The number of hydrogen-bond acceptors (Lipinski definition) is 4. The molecule has 1 aliphatic carbocycles. The molecule has 0 unspecified atom stereocenters. The van der Waals surface area contributed by atoms with E-state index in [1.165, 1.54) is 0 Å². The van der Waals surface area contributed by atoms with Crippen molar-refractivity contribution in [2.75, 3.05) is 6.61 Å². The lowest BCUT2D eigenvalue weighted by atomic mass is 9.77. The second-order valence-electron chi connectivity index (χ2n) is 6.30. The van der Waals surface area contributed by atoms with Crippen LogP contribution >= 0.6 is 0 Å². The highest BCUT2D eigenvalue weighted by Crippen LogP contribution is 2.42. The highest BCUT2D eigenvalue weighted by molar-refractivity contribution is 5.73. The Morgan fingerprint density at radius 1 is 1.48 bits per heavy atom. The van der Waals surface area contributed by atoms with Crippen LogP contribution in [0.4, 0.5) is 0 Å². The number of imidazole rings is 1. The van der Waals surface area contributed by atoms with E-state index in [9.17, 15) is 5.11 Å². The lowest BCUT2D eigenvalue weighted by Gasteiger charge is -2.42. The number of hydrogen-bond donors (Lipinski definition) is 1. The number of nitrogens with zero attached hydrogens (tertiary/aromatic N) is 3. The number of ether oxygens (including phenoxy) is 1. The van der Waals surface area contributed by atoms with Crippen LogP contribution in [0.3, 0.4) is 0 Å². The summed E-state index contributed by atoms with van der Waals surface area (Å²) in [7, 11) is 0. The Labute approximate surface area is 125 Å². The first-order valence-corrected chi connectivity index (χ1v) is 7.70. The molecule has 0 atom stereocenters. The van der Waals surface area contributed by atoms with Crippen molar-refractivity contribution in [1.82, 2.24) is 14.5 Å². The van der Waals surface area contributed by atoms with Crippen LogP contribution in [0, 0.1) is 6.92 Å². The van der Waals surface area contributed by atoms with Gasteiger partial charge < -0.3 is 14.4 Å². The largest absolute Gasteiger partial charge is 0.492 e. The number of aliphatic hydroxyl groups is 1. The average molecular weight is 289 g/mol. The Morgan fingerprint density at radius 3 is 2.90 bits per heavy atom. The standard InChI is InChI=1S/C16H23N3O2/c1-4-5-6-21-13-7-14-15(17-10-13)19(11(2)18-14)12-8-16(3,20)9-12/h7,10,12,20H,4-6,8-9H2,1-3H3/t12-,16-. The summed E-state index contributed by atoms with van der Waals surface area (Å²) in [6.45, 7) is 6.73. The second kappa shape index (κ2) is 5.30. The molecule has 1 N–H and O–H groups in total. The minimum absolute atomic E-state index is 0.296. The average Bonchev–Trinajstić information content (AvgIpc) is 2.71. The van der Waals surface area contributed by atoms with Gasteiger partial charge >= 0.3 is 0 Å². The van der Waals surface area contributed by atoms with Gasteiger partial charge in [-0.3, -0.25) is 0 Å². The van der Waals surface area contributed by atoms with E-state index >= 15 is 0 Å². The van der Waals surface area contributed by atoms with Gasteiger partial charge in [-0.05, 0) is 33.1 Å². The molecular weight excluding hydrogens is 266 g/mol. The fourth-order valence-corrected chi connectivity index (χ4v) is 3.07. The summed E-state index contributed by atoms with van der Waals surface area (Å²) in [5.41, 5.74) is 1.21. The third-order valence-corrected chi connectivity index (χ3v) is 4.16. The maximum absolute atomic E-state index is 9.94. The van der Waals surface area contributed by atoms with Gasteiger partial charge in [0.15, 0.2) is 5.65 Å². The second-order valence-corrected chi connectivity index (χ2v) is 6.30. The van der Waals surface area contributed by atoms with Crippen molar-refractivity contribution >= 4 is 11.2 Å². The summed E-state index contributed by atoms with van der Waals surface area (Å²) in [6, 6.07) is 2.25. The van der Waals surface area contributed by atoms with Crippen molar-refractivity contribution in [2.24, 2.45) is 0 Å². The van der Waals surface area contributed by atoms with Crippen molar-refractivity contribution in [3.63, 3.8) is 0 Å². The fraction of sp³-hybridized carbons (Fsp3) is 0.625. The van der Waals surface area contributed by atoms with Crippen LogP contribution in [-0.4, -0.2) is 31.8 Å². The molecule has 2 heterocycles. The first kappa shape index (κ1) is 14.3. The normalized spacial score (nSPS) is 25.0. The summed E-state index contributed by atoms with van der Waals surface area (Å²) >= 11 is 0. The van der Waals surface area contributed by atoms with Crippen molar-refractivity contribution in [3.8, 4) is 5.75 Å². The van der Waals surface area contributed by atoms with E-state index in [0.29, 0.717) is 6.04 Å². The zero-order chi connectivity index (χ0) is 15.0. The summed E-state index contributed by atoms with van der Waals surface area (Å²) in [4.78, 5) is 9.12. The molecule has 0 spiro atoms. The molecule has 0 amide bonds. The van der Waals surface area contributed by atoms with Crippen molar-refractivity contribution in [2.45, 2.75) is 58.1 Å². The van der Waals surface area contributed by atoms with Gasteiger partial charge in [0.05, 0.1) is 18.4 Å². The maximum Gasteiger partial charge on any atom is 0.160 e. The Balaban J connectivity index is 1.84. The van der Waals surface area contributed by atoms with Gasteiger partial charge in [0.25, 0.3) is 0 Å². The van der Waals surface area contributed by atoms with Gasteiger partial charge in [0, 0.05) is 12.1 Å². The van der Waals surface area contributed by atoms with Crippen LogP contribution in [0.5, 0.6) is 5.75 Å². The Kier molecular flexibility index (Phi) is 3.61. The number of aryl methyl sites for hydroxylation is 1. The molecule has 114 valence electrons. The van der Waals surface area contributed by atoms with E-state index in [-0.39, 0.29) is 0 Å². The van der Waals surface area contributed by atoms with Gasteiger partial charge in [-0.15, -0.1) is 0 Å². The molecule has 0 bridgehead atoms. The summed E-state index contributed by atoms with van der Waals surface area (Å²) in [5.74, 6) is 1.73. The van der Waals surface area contributed by atoms with Crippen LogP contribution in [0.25, 0.3) is 11.2 Å². The molecule has 2 aromatic rings. The van der Waals surface area contributed by atoms with Crippen LogP contribution in [0.15, 0.2) is 12.3 Å². The Hall–Kier alpha value is -1.62. The quantitative estimate of drug-likeness (QED) is 0.860. The molecule has 21 heavy (non-hydrogen) atoms. The Bertz CT molecular complexity index is 640. The summed E-state index contributed by atoms with van der Waals surface area (Å²) in [5, 5.41) is 9.94. The molecule has 2 aromatic heterocycles. The highest BCUT2D eigenvalue weighted by Gasteiger charge is 2.40. The molecule has 1 aliphatic rings. The zero-order valence-electron chi connectivity index (χ0n) is 13.0. The molecule has 5 nitrogen and oxygen atoms in total. The molecule has 0 aliphatic heterocycles. The molecule has 0 saturated heterocycles.